The summed E-state index contributed by atoms with van der Waals surface area (Å²) in [7, 11) is 0. The number of aliphatic hydroxyl groups excluding tert-OH is 1. The smallest absolute Gasteiger partial charge is 0.220 e. The van der Waals surface area contributed by atoms with E-state index in [4.69, 9.17) is 4.52 Å². The summed E-state index contributed by atoms with van der Waals surface area (Å²) >= 11 is 0. The van der Waals surface area contributed by atoms with Crippen LogP contribution in [0.5, 0.6) is 0 Å². The summed E-state index contributed by atoms with van der Waals surface area (Å²) in [4.78, 5) is 12.1. The quantitative estimate of drug-likeness (QED) is 0.874. The van der Waals surface area contributed by atoms with Crippen LogP contribution < -0.4 is 5.32 Å². The fourth-order valence-corrected chi connectivity index (χ4v) is 3.35. The third kappa shape index (κ3) is 4.30. The Balaban J connectivity index is 1.79. The first-order valence-electron chi connectivity index (χ1n) is 7.85. The van der Waals surface area contributed by atoms with Crippen LogP contribution in [0, 0.1) is 19.8 Å². The molecule has 2 N–H and O–H groups in total. The van der Waals surface area contributed by atoms with Crippen LogP contribution in [-0.4, -0.2) is 28.8 Å². The highest BCUT2D eigenvalue weighted by molar-refractivity contribution is 5.76. The minimum atomic E-state index is -0.193. The SMILES string of the molecule is Cc1noc(C)c1C(C)CC(=O)NCC1CCCC(O)C1. The lowest BCUT2D eigenvalue weighted by Crippen LogP contribution is -2.33. The minimum Gasteiger partial charge on any atom is -0.393 e. The van der Waals surface area contributed by atoms with Gasteiger partial charge in [0.15, 0.2) is 0 Å². The normalized spacial score (nSPS) is 23.8. The molecule has 1 fully saturated rings. The number of nitrogens with zero attached hydrogens (tertiary/aromatic N) is 1. The molecular formula is C16H26N2O3. The molecule has 5 nitrogen and oxygen atoms in total. The summed E-state index contributed by atoms with van der Waals surface area (Å²) in [5.41, 5.74) is 1.90. The van der Waals surface area contributed by atoms with Crippen molar-refractivity contribution in [2.24, 2.45) is 5.92 Å². The second-order valence-electron chi connectivity index (χ2n) is 6.33. The van der Waals surface area contributed by atoms with Crippen molar-refractivity contribution in [1.82, 2.24) is 10.5 Å². The summed E-state index contributed by atoms with van der Waals surface area (Å²) in [5.74, 6) is 1.37. The molecule has 1 heterocycles. The first-order chi connectivity index (χ1) is 9.97. The van der Waals surface area contributed by atoms with Gasteiger partial charge in [0.25, 0.3) is 0 Å². The average molecular weight is 294 g/mol. The molecule has 21 heavy (non-hydrogen) atoms. The predicted octanol–water partition coefficient (Wildman–Crippen LogP) is 2.45. The Morgan fingerprint density at radius 3 is 2.86 bits per heavy atom. The Hall–Kier alpha value is -1.36. The van der Waals surface area contributed by atoms with Crippen molar-refractivity contribution in [3.8, 4) is 0 Å². The molecule has 5 heteroatoms. The Morgan fingerprint density at radius 2 is 2.24 bits per heavy atom. The van der Waals surface area contributed by atoms with Crippen LogP contribution in [0.25, 0.3) is 0 Å². The number of nitrogens with one attached hydrogen (secondary N) is 1. The first-order valence-corrected chi connectivity index (χ1v) is 7.85. The number of amides is 1. The van der Waals surface area contributed by atoms with Gasteiger partial charge in [-0.15, -0.1) is 0 Å². The molecule has 1 aromatic heterocycles. The van der Waals surface area contributed by atoms with Crippen LogP contribution in [0.1, 0.15) is 62.0 Å². The fourth-order valence-electron chi connectivity index (χ4n) is 3.35. The molecule has 1 amide bonds. The van der Waals surface area contributed by atoms with Crippen LogP contribution in [0.4, 0.5) is 0 Å². The highest BCUT2D eigenvalue weighted by Crippen LogP contribution is 2.26. The van der Waals surface area contributed by atoms with Crippen molar-refractivity contribution in [2.75, 3.05) is 6.54 Å². The highest BCUT2D eigenvalue weighted by Gasteiger charge is 2.22. The van der Waals surface area contributed by atoms with Crippen LogP contribution in [-0.2, 0) is 4.79 Å². The monoisotopic (exact) mass is 294 g/mol. The Kier molecular flexibility index (Phi) is 5.39. The summed E-state index contributed by atoms with van der Waals surface area (Å²) in [6.45, 7) is 6.48. The highest BCUT2D eigenvalue weighted by atomic mass is 16.5. The minimum absolute atomic E-state index is 0.0579. The van der Waals surface area contributed by atoms with Crippen molar-refractivity contribution in [3.05, 3.63) is 17.0 Å². The van der Waals surface area contributed by atoms with Crippen molar-refractivity contribution in [1.29, 1.82) is 0 Å². The van der Waals surface area contributed by atoms with Crippen LogP contribution in [0.3, 0.4) is 0 Å². The van der Waals surface area contributed by atoms with Gasteiger partial charge in [-0.2, -0.15) is 0 Å². The van der Waals surface area contributed by atoms with Crippen molar-refractivity contribution >= 4 is 5.91 Å². The van der Waals surface area contributed by atoms with E-state index in [1.165, 1.54) is 0 Å². The van der Waals surface area contributed by atoms with Crippen LogP contribution in [0.15, 0.2) is 4.52 Å². The molecule has 118 valence electrons. The molecule has 0 aromatic carbocycles. The van der Waals surface area contributed by atoms with Gasteiger partial charge in [-0.1, -0.05) is 18.5 Å². The van der Waals surface area contributed by atoms with Gasteiger partial charge in [0.05, 0.1) is 11.8 Å². The van der Waals surface area contributed by atoms with E-state index in [2.05, 4.69) is 10.5 Å². The van der Waals surface area contributed by atoms with Crippen molar-refractivity contribution in [3.63, 3.8) is 0 Å². The van der Waals surface area contributed by atoms with E-state index < -0.39 is 0 Å². The van der Waals surface area contributed by atoms with Crippen molar-refractivity contribution in [2.45, 2.75) is 64.9 Å². The molecule has 0 bridgehead atoms. The molecule has 1 aliphatic rings. The maximum Gasteiger partial charge on any atom is 0.220 e. The number of aliphatic hydroxyl groups is 1. The second kappa shape index (κ2) is 7.07. The van der Waals surface area contributed by atoms with Gasteiger partial charge in [-0.25, -0.2) is 0 Å². The molecule has 1 saturated carbocycles. The summed E-state index contributed by atoms with van der Waals surface area (Å²) in [6, 6.07) is 0. The molecule has 3 atom stereocenters. The summed E-state index contributed by atoms with van der Waals surface area (Å²) in [6.07, 6.45) is 4.10. The summed E-state index contributed by atoms with van der Waals surface area (Å²) in [5, 5.41) is 16.6. The Morgan fingerprint density at radius 1 is 1.48 bits per heavy atom. The van der Waals surface area contributed by atoms with Gasteiger partial charge < -0.3 is 14.9 Å². The zero-order valence-electron chi connectivity index (χ0n) is 13.2. The number of hydrogen-bond donors (Lipinski definition) is 2. The van der Waals surface area contributed by atoms with E-state index in [0.29, 0.717) is 18.9 Å². The number of carbonyl (C=O) groups is 1. The third-order valence-corrected chi connectivity index (χ3v) is 4.42. The fraction of sp³-hybridized carbons (Fsp3) is 0.750. The molecule has 1 aromatic rings. The molecule has 0 aliphatic heterocycles. The van der Waals surface area contributed by atoms with Gasteiger partial charge in [-0.3, -0.25) is 4.79 Å². The van der Waals surface area contributed by atoms with E-state index >= 15 is 0 Å². The topological polar surface area (TPSA) is 75.4 Å². The number of aryl methyl sites for hydroxylation is 2. The standard InChI is InChI=1S/C16H26N2O3/c1-10(16-11(2)18-21-12(16)3)7-15(20)17-9-13-5-4-6-14(19)8-13/h10,13-14,19H,4-9H2,1-3H3,(H,17,20). The van der Waals surface area contributed by atoms with E-state index in [1.54, 1.807) is 0 Å². The van der Waals surface area contributed by atoms with Gasteiger partial charge >= 0.3 is 0 Å². The van der Waals surface area contributed by atoms with Gasteiger partial charge in [0.2, 0.25) is 5.91 Å². The van der Waals surface area contributed by atoms with Crippen molar-refractivity contribution < 1.29 is 14.4 Å². The predicted molar refractivity (Wildman–Crippen MR) is 80.0 cm³/mol. The number of rotatable bonds is 5. The van der Waals surface area contributed by atoms with E-state index in [1.807, 2.05) is 20.8 Å². The van der Waals surface area contributed by atoms with Gasteiger partial charge in [-0.05, 0) is 44.9 Å². The van der Waals surface area contributed by atoms with E-state index in [0.717, 1.165) is 42.7 Å². The molecule has 0 radical (unpaired) electrons. The number of hydrogen-bond acceptors (Lipinski definition) is 4. The lowest BCUT2D eigenvalue weighted by Gasteiger charge is -2.26. The average Bonchev–Trinajstić information content (AvgIpc) is 2.76. The largest absolute Gasteiger partial charge is 0.393 e. The van der Waals surface area contributed by atoms with Gasteiger partial charge in [0, 0.05) is 18.5 Å². The first kappa shape index (κ1) is 16.0. The lowest BCUT2D eigenvalue weighted by molar-refractivity contribution is -0.121. The zero-order valence-corrected chi connectivity index (χ0v) is 13.2. The molecular weight excluding hydrogens is 268 g/mol. The zero-order chi connectivity index (χ0) is 15.4. The third-order valence-electron chi connectivity index (χ3n) is 4.42. The maximum absolute atomic E-state index is 12.1. The molecule has 2 rings (SSSR count). The molecule has 1 aliphatic carbocycles. The Bertz CT molecular complexity index is 464. The Labute approximate surface area is 126 Å². The molecule has 0 spiro atoms. The number of aromatic nitrogens is 1. The van der Waals surface area contributed by atoms with Crippen LogP contribution in [0.2, 0.25) is 0 Å². The maximum atomic E-state index is 12.1. The summed E-state index contributed by atoms with van der Waals surface area (Å²) < 4.78 is 5.16. The molecule has 0 saturated heterocycles. The lowest BCUT2D eigenvalue weighted by atomic mass is 9.87. The number of carbonyl (C=O) groups excluding carboxylic acids is 1. The van der Waals surface area contributed by atoms with Crippen LogP contribution >= 0.6 is 0 Å². The molecule has 3 unspecified atom stereocenters. The second-order valence-corrected chi connectivity index (χ2v) is 6.33. The van der Waals surface area contributed by atoms with E-state index in [-0.39, 0.29) is 17.9 Å². The van der Waals surface area contributed by atoms with E-state index in [9.17, 15) is 9.90 Å². The van der Waals surface area contributed by atoms with Gasteiger partial charge in [0.1, 0.15) is 5.76 Å².